The molecule has 2 aromatic heterocycles. The lowest BCUT2D eigenvalue weighted by molar-refractivity contribution is 0.0698. The summed E-state index contributed by atoms with van der Waals surface area (Å²) in [5.41, 5.74) is 0.759. The first kappa shape index (κ1) is 9.02. The van der Waals surface area contributed by atoms with Crippen molar-refractivity contribution in [2.24, 2.45) is 7.05 Å². The summed E-state index contributed by atoms with van der Waals surface area (Å²) in [5, 5.41) is 9.91. The van der Waals surface area contributed by atoms with Crippen LogP contribution in [0.4, 0.5) is 0 Å². The summed E-state index contributed by atoms with van der Waals surface area (Å²) in [6, 6.07) is 1.75. The van der Waals surface area contributed by atoms with Crippen LogP contribution in [0.15, 0.2) is 18.5 Å². The average molecular weight is 211 g/mol. The number of fused-ring (bicyclic) bond motifs is 1. The molecule has 72 valence electrons. The van der Waals surface area contributed by atoms with E-state index in [-0.39, 0.29) is 5.56 Å². The fourth-order valence-electron chi connectivity index (χ4n) is 1.44. The number of aromatic nitrogens is 2. The third-order valence-corrected chi connectivity index (χ3v) is 2.39. The number of nitrogens with zero attached hydrogens (tertiary/aromatic N) is 2. The fraction of sp³-hybridized carbons (Fsp3) is 0.111. The highest BCUT2D eigenvalue weighted by molar-refractivity contribution is 6.34. The summed E-state index contributed by atoms with van der Waals surface area (Å²) in [6.45, 7) is 0. The molecule has 0 radical (unpaired) electrons. The molecule has 0 bridgehead atoms. The van der Waals surface area contributed by atoms with E-state index in [9.17, 15) is 4.79 Å². The van der Waals surface area contributed by atoms with Crippen LogP contribution in [0, 0.1) is 0 Å². The van der Waals surface area contributed by atoms with Crippen molar-refractivity contribution in [3.05, 3.63) is 29.2 Å². The van der Waals surface area contributed by atoms with E-state index in [2.05, 4.69) is 4.98 Å². The van der Waals surface area contributed by atoms with Crippen molar-refractivity contribution < 1.29 is 9.90 Å². The van der Waals surface area contributed by atoms with Crippen LogP contribution in [0.3, 0.4) is 0 Å². The van der Waals surface area contributed by atoms with Gasteiger partial charge in [0.1, 0.15) is 10.7 Å². The molecule has 0 amide bonds. The molecule has 0 atom stereocenters. The first-order valence-electron chi connectivity index (χ1n) is 3.94. The number of hydrogen-bond acceptors (Lipinski definition) is 2. The van der Waals surface area contributed by atoms with Gasteiger partial charge in [-0.25, -0.2) is 9.78 Å². The van der Waals surface area contributed by atoms with Gasteiger partial charge in [-0.05, 0) is 6.07 Å². The molecule has 5 heteroatoms. The van der Waals surface area contributed by atoms with Crippen molar-refractivity contribution in [3.8, 4) is 0 Å². The van der Waals surface area contributed by atoms with E-state index >= 15 is 0 Å². The molecular formula is C9H7ClN2O2. The monoisotopic (exact) mass is 210 g/mol. The van der Waals surface area contributed by atoms with E-state index in [1.54, 1.807) is 23.9 Å². The maximum atomic E-state index is 10.9. The van der Waals surface area contributed by atoms with E-state index in [1.807, 2.05) is 0 Å². The first-order chi connectivity index (χ1) is 6.61. The van der Waals surface area contributed by atoms with Crippen LogP contribution in [-0.4, -0.2) is 20.6 Å². The number of carboxylic acid groups (broad SMARTS) is 1. The van der Waals surface area contributed by atoms with Crippen molar-refractivity contribution in [2.45, 2.75) is 0 Å². The van der Waals surface area contributed by atoms with Gasteiger partial charge in [-0.1, -0.05) is 11.6 Å². The Morgan fingerprint density at radius 2 is 2.36 bits per heavy atom. The highest BCUT2D eigenvalue weighted by Crippen LogP contribution is 2.24. The van der Waals surface area contributed by atoms with Crippen molar-refractivity contribution in [1.29, 1.82) is 0 Å². The maximum absolute atomic E-state index is 10.9. The Hall–Kier alpha value is -1.55. The molecule has 2 rings (SSSR count). The van der Waals surface area contributed by atoms with Crippen molar-refractivity contribution in [3.63, 3.8) is 0 Å². The van der Waals surface area contributed by atoms with Gasteiger partial charge < -0.3 is 9.67 Å². The minimum Gasteiger partial charge on any atom is -0.478 e. The van der Waals surface area contributed by atoms with Crippen LogP contribution in [0.1, 0.15) is 10.4 Å². The second kappa shape index (κ2) is 2.99. The van der Waals surface area contributed by atoms with Crippen molar-refractivity contribution in [2.75, 3.05) is 0 Å². The Labute approximate surface area is 84.7 Å². The van der Waals surface area contributed by atoms with Crippen molar-refractivity contribution >= 4 is 28.5 Å². The molecule has 0 aliphatic rings. The summed E-state index contributed by atoms with van der Waals surface area (Å²) in [5.74, 6) is -0.999. The predicted molar refractivity (Wildman–Crippen MR) is 52.7 cm³/mol. The van der Waals surface area contributed by atoms with E-state index < -0.39 is 5.97 Å². The molecule has 2 aromatic rings. The van der Waals surface area contributed by atoms with Gasteiger partial charge in [0, 0.05) is 24.8 Å². The Morgan fingerprint density at radius 3 is 3.00 bits per heavy atom. The normalized spacial score (nSPS) is 10.7. The number of hydrogen-bond donors (Lipinski definition) is 1. The first-order valence-corrected chi connectivity index (χ1v) is 4.32. The number of halogens is 1. The lowest BCUT2D eigenvalue weighted by Crippen LogP contribution is -2.01. The Morgan fingerprint density at radius 1 is 1.64 bits per heavy atom. The average Bonchev–Trinajstić information content (AvgIpc) is 2.50. The Balaban J connectivity index is 2.92. The van der Waals surface area contributed by atoms with Gasteiger partial charge in [-0.2, -0.15) is 0 Å². The van der Waals surface area contributed by atoms with Crippen LogP contribution >= 0.6 is 11.6 Å². The molecule has 0 aliphatic heterocycles. The number of carboxylic acids is 1. The van der Waals surface area contributed by atoms with Crippen LogP contribution in [-0.2, 0) is 7.05 Å². The summed E-state index contributed by atoms with van der Waals surface area (Å²) >= 11 is 5.83. The van der Waals surface area contributed by atoms with Crippen LogP contribution in [0.2, 0.25) is 5.15 Å². The van der Waals surface area contributed by atoms with Crippen LogP contribution in [0.25, 0.3) is 10.9 Å². The fourth-order valence-corrected chi connectivity index (χ4v) is 1.64. The zero-order chi connectivity index (χ0) is 10.3. The third kappa shape index (κ3) is 1.15. The van der Waals surface area contributed by atoms with Gasteiger partial charge in [-0.15, -0.1) is 0 Å². The summed E-state index contributed by atoms with van der Waals surface area (Å²) < 4.78 is 1.71. The van der Waals surface area contributed by atoms with Gasteiger partial charge in [0.25, 0.3) is 0 Å². The predicted octanol–water partition coefficient (Wildman–Crippen LogP) is 1.92. The molecule has 4 nitrogen and oxygen atoms in total. The quantitative estimate of drug-likeness (QED) is 0.732. The lowest BCUT2D eigenvalue weighted by atomic mass is 10.2. The molecular weight excluding hydrogens is 204 g/mol. The molecule has 0 saturated heterocycles. The molecule has 0 unspecified atom stereocenters. The van der Waals surface area contributed by atoms with Gasteiger partial charge in [0.2, 0.25) is 0 Å². The molecule has 0 aliphatic carbocycles. The largest absolute Gasteiger partial charge is 0.478 e. The zero-order valence-corrected chi connectivity index (χ0v) is 8.12. The standard InChI is InChI=1S/C9H7ClN2O2/c1-12-3-2-5-7(12)6(9(13)14)4-11-8(5)10/h2-4H,1H3,(H,13,14). The lowest BCUT2D eigenvalue weighted by Gasteiger charge is -2.01. The molecule has 2 heterocycles. The molecule has 0 saturated carbocycles. The molecule has 0 fully saturated rings. The van der Waals surface area contributed by atoms with Gasteiger partial charge in [0.15, 0.2) is 0 Å². The summed E-state index contributed by atoms with van der Waals surface area (Å²) in [4.78, 5) is 14.7. The van der Waals surface area contributed by atoms with E-state index in [0.717, 1.165) is 0 Å². The number of pyridine rings is 1. The third-order valence-electron chi connectivity index (χ3n) is 2.09. The maximum Gasteiger partial charge on any atom is 0.339 e. The number of aromatic carboxylic acids is 1. The molecule has 1 N–H and O–H groups in total. The minimum absolute atomic E-state index is 0.164. The topological polar surface area (TPSA) is 55.1 Å². The molecule has 0 spiro atoms. The SMILES string of the molecule is Cn1ccc2c(Cl)ncc(C(=O)O)c21. The second-order valence-corrected chi connectivity index (χ2v) is 3.31. The van der Waals surface area contributed by atoms with Crippen LogP contribution in [0.5, 0.6) is 0 Å². The van der Waals surface area contributed by atoms with E-state index in [4.69, 9.17) is 16.7 Å². The van der Waals surface area contributed by atoms with Gasteiger partial charge in [-0.3, -0.25) is 0 Å². The van der Waals surface area contributed by atoms with Crippen molar-refractivity contribution in [1.82, 2.24) is 9.55 Å². The highest BCUT2D eigenvalue weighted by Gasteiger charge is 2.13. The Bertz CT molecular complexity index is 519. The van der Waals surface area contributed by atoms with E-state index in [1.165, 1.54) is 6.20 Å². The minimum atomic E-state index is -0.999. The van der Waals surface area contributed by atoms with Gasteiger partial charge >= 0.3 is 5.97 Å². The summed E-state index contributed by atoms with van der Waals surface area (Å²) in [7, 11) is 1.77. The second-order valence-electron chi connectivity index (χ2n) is 2.96. The molecule has 0 aromatic carbocycles. The number of aryl methyl sites for hydroxylation is 1. The highest BCUT2D eigenvalue weighted by atomic mass is 35.5. The smallest absolute Gasteiger partial charge is 0.339 e. The number of rotatable bonds is 1. The summed E-state index contributed by atoms with van der Waals surface area (Å²) in [6.07, 6.45) is 3.03. The number of carbonyl (C=O) groups is 1. The van der Waals surface area contributed by atoms with Crippen LogP contribution < -0.4 is 0 Å². The Kier molecular flexibility index (Phi) is 1.93. The van der Waals surface area contributed by atoms with E-state index in [0.29, 0.717) is 16.1 Å². The zero-order valence-electron chi connectivity index (χ0n) is 7.36. The van der Waals surface area contributed by atoms with Gasteiger partial charge in [0.05, 0.1) is 5.52 Å². The molecule has 14 heavy (non-hydrogen) atoms.